The topological polar surface area (TPSA) is 35.2 Å². The van der Waals surface area contributed by atoms with Gasteiger partial charge in [0.05, 0.1) is 12.6 Å². The summed E-state index contributed by atoms with van der Waals surface area (Å²) >= 11 is 0. The van der Waals surface area contributed by atoms with Crippen molar-refractivity contribution in [1.82, 2.24) is 0 Å². The molecule has 1 aromatic rings. The minimum absolute atomic E-state index is 0.111. The zero-order chi connectivity index (χ0) is 11.5. The number of hydrogen-bond acceptors (Lipinski definition) is 2. The van der Waals surface area contributed by atoms with E-state index in [0.29, 0.717) is 0 Å². The maximum atomic E-state index is 6.25. The van der Waals surface area contributed by atoms with E-state index < -0.39 is 0 Å². The molecule has 1 unspecified atom stereocenters. The normalized spacial score (nSPS) is 17.6. The highest BCUT2D eigenvalue weighted by atomic mass is 16.5. The van der Waals surface area contributed by atoms with Crippen LogP contribution in [0.15, 0.2) is 30.0 Å². The van der Waals surface area contributed by atoms with Crippen LogP contribution < -0.4 is 5.73 Å². The number of benzene rings is 1. The van der Waals surface area contributed by atoms with Crippen molar-refractivity contribution >= 4 is 0 Å². The van der Waals surface area contributed by atoms with Crippen LogP contribution in [0.3, 0.4) is 0 Å². The lowest BCUT2D eigenvalue weighted by molar-refractivity contribution is 0.175. The van der Waals surface area contributed by atoms with E-state index in [9.17, 15) is 0 Å². The van der Waals surface area contributed by atoms with Crippen LogP contribution in [-0.4, -0.2) is 6.61 Å². The minimum atomic E-state index is -0.111. The molecule has 1 aliphatic heterocycles. The molecular weight excluding hydrogens is 198 g/mol. The van der Waals surface area contributed by atoms with E-state index in [4.69, 9.17) is 10.5 Å². The van der Waals surface area contributed by atoms with Crippen molar-refractivity contribution in [2.75, 3.05) is 6.61 Å². The summed E-state index contributed by atoms with van der Waals surface area (Å²) in [4.78, 5) is 0. The zero-order valence-corrected chi connectivity index (χ0v) is 9.99. The van der Waals surface area contributed by atoms with E-state index in [2.05, 4.69) is 38.1 Å². The highest BCUT2D eigenvalue weighted by Crippen LogP contribution is 2.26. The first-order valence-electron chi connectivity index (χ1n) is 5.84. The Morgan fingerprint density at radius 3 is 2.81 bits per heavy atom. The number of aryl methyl sites for hydroxylation is 2. The van der Waals surface area contributed by atoms with Gasteiger partial charge in [0.15, 0.2) is 0 Å². The van der Waals surface area contributed by atoms with Crippen LogP contribution >= 0.6 is 0 Å². The molecule has 0 bridgehead atoms. The molecule has 0 spiro atoms. The van der Waals surface area contributed by atoms with Crippen LogP contribution in [0.25, 0.3) is 0 Å². The first-order valence-corrected chi connectivity index (χ1v) is 5.84. The third-order valence-corrected chi connectivity index (χ3v) is 3.04. The molecule has 1 aromatic carbocycles. The maximum absolute atomic E-state index is 6.25. The Morgan fingerprint density at radius 2 is 2.12 bits per heavy atom. The fourth-order valence-corrected chi connectivity index (χ4v) is 2.04. The SMILES string of the molecule is Cc1ccc(C)c(C(N)C2=CCCCO2)c1. The number of ether oxygens (including phenoxy) is 1. The maximum Gasteiger partial charge on any atom is 0.113 e. The predicted molar refractivity (Wildman–Crippen MR) is 66.1 cm³/mol. The van der Waals surface area contributed by atoms with Crippen LogP contribution in [-0.2, 0) is 4.74 Å². The first kappa shape index (κ1) is 11.2. The molecule has 0 radical (unpaired) electrons. The van der Waals surface area contributed by atoms with Gasteiger partial charge in [-0.2, -0.15) is 0 Å². The molecule has 1 atom stereocenters. The first-order chi connectivity index (χ1) is 7.68. The Hall–Kier alpha value is -1.28. The van der Waals surface area contributed by atoms with Crippen LogP contribution in [0.4, 0.5) is 0 Å². The Morgan fingerprint density at radius 1 is 1.31 bits per heavy atom. The molecule has 2 N–H and O–H groups in total. The van der Waals surface area contributed by atoms with E-state index in [1.165, 1.54) is 16.7 Å². The monoisotopic (exact) mass is 217 g/mol. The summed E-state index contributed by atoms with van der Waals surface area (Å²) in [6.07, 6.45) is 4.30. The number of hydrogen-bond donors (Lipinski definition) is 1. The molecule has 16 heavy (non-hydrogen) atoms. The van der Waals surface area contributed by atoms with Gasteiger partial charge in [-0.3, -0.25) is 0 Å². The average molecular weight is 217 g/mol. The molecule has 0 saturated heterocycles. The predicted octanol–water partition coefficient (Wildman–Crippen LogP) is 3.00. The molecule has 0 amide bonds. The summed E-state index contributed by atoms with van der Waals surface area (Å²) in [7, 11) is 0. The second-order valence-electron chi connectivity index (χ2n) is 4.43. The van der Waals surface area contributed by atoms with Gasteiger partial charge in [-0.1, -0.05) is 23.8 Å². The molecule has 86 valence electrons. The summed E-state index contributed by atoms with van der Waals surface area (Å²) in [5.74, 6) is 0.931. The molecule has 2 heteroatoms. The van der Waals surface area contributed by atoms with Gasteiger partial charge in [0.1, 0.15) is 5.76 Å². The lowest BCUT2D eigenvalue weighted by Gasteiger charge is -2.22. The number of nitrogens with two attached hydrogens (primary N) is 1. The third kappa shape index (κ3) is 2.27. The van der Waals surface area contributed by atoms with Crippen LogP contribution in [0.2, 0.25) is 0 Å². The zero-order valence-electron chi connectivity index (χ0n) is 9.99. The van der Waals surface area contributed by atoms with E-state index in [1.54, 1.807) is 0 Å². The highest BCUT2D eigenvalue weighted by Gasteiger charge is 2.17. The van der Waals surface area contributed by atoms with Crippen molar-refractivity contribution in [2.24, 2.45) is 5.73 Å². The Bertz CT molecular complexity index is 409. The van der Waals surface area contributed by atoms with E-state index in [1.807, 2.05) is 0 Å². The van der Waals surface area contributed by atoms with Gasteiger partial charge in [0, 0.05) is 0 Å². The van der Waals surface area contributed by atoms with Crippen molar-refractivity contribution in [2.45, 2.75) is 32.7 Å². The summed E-state index contributed by atoms with van der Waals surface area (Å²) in [5, 5.41) is 0. The molecule has 2 rings (SSSR count). The third-order valence-electron chi connectivity index (χ3n) is 3.04. The van der Waals surface area contributed by atoms with E-state index in [0.717, 1.165) is 25.2 Å². The summed E-state index contributed by atoms with van der Waals surface area (Å²) in [6, 6.07) is 6.27. The largest absolute Gasteiger partial charge is 0.496 e. The van der Waals surface area contributed by atoms with Crippen molar-refractivity contribution < 1.29 is 4.74 Å². The fraction of sp³-hybridized carbons (Fsp3) is 0.429. The molecule has 1 aliphatic rings. The van der Waals surface area contributed by atoms with E-state index >= 15 is 0 Å². The van der Waals surface area contributed by atoms with Gasteiger partial charge < -0.3 is 10.5 Å². The summed E-state index contributed by atoms with van der Waals surface area (Å²) < 4.78 is 5.63. The molecule has 0 saturated carbocycles. The Labute approximate surface area is 97.1 Å². The van der Waals surface area contributed by atoms with Gasteiger partial charge in [-0.05, 0) is 43.9 Å². The van der Waals surface area contributed by atoms with Crippen molar-refractivity contribution in [1.29, 1.82) is 0 Å². The standard InChI is InChI=1S/C14H19NO/c1-10-6-7-11(2)12(9-10)14(15)13-5-3-4-8-16-13/h5-7,9,14H,3-4,8,15H2,1-2H3. The minimum Gasteiger partial charge on any atom is -0.496 e. The molecule has 0 fully saturated rings. The van der Waals surface area contributed by atoms with Crippen molar-refractivity contribution in [3.8, 4) is 0 Å². The fourth-order valence-electron chi connectivity index (χ4n) is 2.04. The summed E-state index contributed by atoms with van der Waals surface area (Å²) in [6.45, 7) is 4.98. The lowest BCUT2D eigenvalue weighted by Crippen LogP contribution is -2.19. The molecular formula is C14H19NO. The molecule has 0 aromatic heterocycles. The van der Waals surface area contributed by atoms with Crippen molar-refractivity contribution in [3.63, 3.8) is 0 Å². The van der Waals surface area contributed by atoms with Crippen LogP contribution in [0, 0.1) is 13.8 Å². The smallest absolute Gasteiger partial charge is 0.113 e. The number of allylic oxidation sites excluding steroid dienone is 1. The van der Waals surface area contributed by atoms with Gasteiger partial charge in [0.2, 0.25) is 0 Å². The molecule has 2 nitrogen and oxygen atoms in total. The van der Waals surface area contributed by atoms with Gasteiger partial charge in [-0.15, -0.1) is 0 Å². The van der Waals surface area contributed by atoms with Crippen molar-refractivity contribution in [3.05, 3.63) is 46.7 Å². The second-order valence-corrected chi connectivity index (χ2v) is 4.43. The molecule has 1 heterocycles. The lowest BCUT2D eigenvalue weighted by atomic mass is 9.97. The summed E-state index contributed by atoms with van der Waals surface area (Å²) in [5.41, 5.74) is 9.89. The van der Waals surface area contributed by atoms with E-state index in [-0.39, 0.29) is 6.04 Å². The van der Waals surface area contributed by atoms with Gasteiger partial charge >= 0.3 is 0 Å². The number of rotatable bonds is 2. The molecule has 0 aliphatic carbocycles. The Balaban J connectivity index is 2.29. The average Bonchev–Trinajstić information content (AvgIpc) is 2.32. The van der Waals surface area contributed by atoms with Crippen LogP contribution in [0.5, 0.6) is 0 Å². The second kappa shape index (κ2) is 4.71. The Kier molecular flexibility index (Phi) is 3.30. The highest BCUT2D eigenvalue weighted by molar-refractivity contribution is 5.36. The van der Waals surface area contributed by atoms with Gasteiger partial charge in [-0.25, -0.2) is 0 Å². The van der Waals surface area contributed by atoms with Gasteiger partial charge in [0.25, 0.3) is 0 Å². The quantitative estimate of drug-likeness (QED) is 0.826. The van der Waals surface area contributed by atoms with Crippen LogP contribution in [0.1, 0.15) is 35.6 Å².